The van der Waals surface area contributed by atoms with Crippen LogP contribution in [0.25, 0.3) is 0 Å². The molecule has 2 rings (SSSR count). The molecule has 1 unspecified atom stereocenters. The van der Waals surface area contributed by atoms with E-state index in [4.69, 9.17) is 4.74 Å². The molecule has 0 spiro atoms. The van der Waals surface area contributed by atoms with Crippen LogP contribution in [0.15, 0.2) is 30.3 Å². The van der Waals surface area contributed by atoms with Crippen LogP contribution in [-0.4, -0.2) is 29.7 Å². The van der Waals surface area contributed by atoms with Crippen molar-refractivity contribution in [3.05, 3.63) is 41.6 Å². The summed E-state index contributed by atoms with van der Waals surface area (Å²) in [6, 6.07) is 10.5. The largest absolute Gasteiger partial charge is 0.497 e. The van der Waals surface area contributed by atoms with Gasteiger partial charge in [0.05, 0.1) is 7.11 Å². The first-order valence-corrected chi connectivity index (χ1v) is 8.09. The van der Waals surface area contributed by atoms with Gasteiger partial charge in [0.25, 0.3) is 0 Å². The lowest BCUT2D eigenvalue weighted by Gasteiger charge is -2.14. The number of hydrogen-bond acceptors (Lipinski definition) is 5. The number of ether oxygens (including phenoxy) is 1. The third-order valence-electron chi connectivity index (χ3n) is 3.72. The zero-order valence-corrected chi connectivity index (χ0v) is 14.4. The van der Waals surface area contributed by atoms with Crippen molar-refractivity contribution in [3.63, 3.8) is 0 Å². The number of hydrogen-bond donors (Lipinski definition) is 2. The molecule has 1 atom stereocenters. The Morgan fingerprint density at radius 2 is 1.91 bits per heavy atom. The van der Waals surface area contributed by atoms with Gasteiger partial charge in [-0.2, -0.15) is 4.98 Å². The Balaban J connectivity index is 1.91. The Morgan fingerprint density at radius 1 is 1.17 bits per heavy atom. The van der Waals surface area contributed by atoms with Crippen LogP contribution >= 0.6 is 0 Å². The van der Waals surface area contributed by atoms with E-state index in [2.05, 4.69) is 46.6 Å². The summed E-state index contributed by atoms with van der Waals surface area (Å²) in [5.41, 5.74) is 2.21. The van der Waals surface area contributed by atoms with Gasteiger partial charge in [-0.3, -0.25) is 0 Å². The van der Waals surface area contributed by atoms with Crippen molar-refractivity contribution in [3.8, 4) is 5.75 Å². The van der Waals surface area contributed by atoms with Crippen LogP contribution in [0.2, 0.25) is 0 Å². The third kappa shape index (κ3) is 5.43. The number of rotatable bonds is 8. The smallest absolute Gasteiger partial charge is 0.224 e. The lowest BCUT2D eigenvalue weighted by atomic mass is 10.1. The first-order chi connectivity index (χ1) is 11.1. The van der Waals surface area contributed by atoms with Gasteiger partial charge >= 0.3 is 0 Å². The third-order valence-corrected chi connectivity index (χ3v) is 3.72. The van der Waals surface area contributed by atoms with Crippen molar-refractivity contribution in [1.82, 2.24) is 9.97 Å². The molecular formula is C18H26N4O. The predicted octanol–water partition coefficient (Wildman–Crippen LogP) is 3.66. The molecule has 0 saturated heterocycles. The summed E-state index contributed by atoms with van der Waals surface area (Å²) >= 11 is 0. The Bertz CT molecular complexity index is 613. The molecule has 0 fully saturated rings. The van der Waals surface area contributed by atoms with Crippen LogP contribution in [0, 0.1) is 6.92 Å². The zero-order chi connectivity index (χ0) is 16.7. The van der Waals surface area contributed by atoms with Gasteiger partial charge in [0.2, 0.25) is 5.95 Å². The average Bonchev–Trinajstić information content (AvgIpc) is 2.55. The minimum absolute atomic E-state index is 0.399. The highest BCUT2D eigenvalue weighted by atomic mass is 16.5. The number of methoxy groups -OCH3 is 1. The van der Waals surface area contributed by atoms with Gasteiger partial charge in [-0.1, -0.05) is 19.1 Å². The van der Waals surface area contributed by atoms with Gasteiger partial charge in [-0.05, 0) is 44.4 Å². The minimum atomic E-state index is 0.399. The van der Waals surface area contributed by atoms with E-state index in [9.17, 15) is 0 Å². The quantitative estimate of drug-likeness (QED) is 0.779. The Kier molecular flexibility index (Phi) is 6.20. The topological polar surface area (TPSA) is 59.1 Å². The molecule has 0 saturated carbocycles. The summed E-state index contributed by atoms with van der Waals surface area (Å²) in [5, 5.41) is 6.69. The number of nitrogens with zero attached hydrogens (tertiary/aromatic N) is 2. The second kappa shape index (κ2) is 8.36. The molecule has 2 N–H and O–H groups in total. The fourth-order valence-corrected chi connectivity index (χ4v) is 2.19. The van der Waals surface area contributed by atoms with E-state index in [1.807, 2.05) is 25.1 Å². The standard InChI is InChI=1S/C18H26N4O/c1-5-13(2)20-17-12-14(3)21-18(22-17)19-11-10-15-6-8-16(23-4)9-7-15/h6-9,12-13H,5,10-11H2,1-4H3,(H2,19,20,21,22). The van der Waals surface area contributed by atoms with Gasteiger partial charge < -0.3 is 15.4 Å². The number of anilines is 2. The lowest BCUT2D eigenvalue weighted by molar-refractivity contribution is 0.414. The number of aromatic nitrogens is 2. The molecule has 5 nitrogen and oxygen atoms in total. The highest BCUT2D eigenvalue weighted by Gasteiger charge is 2.05. The Morgan fingerprint density at radius 3 is 2.57 bits per heavy atom. The van der Waals surface area contributed by atoms with Crippen LogP contribution in [-0.2, 0) is 6.42 Å². The molecule has 0 radical (unpaired) electrons. The number of benzene rings is 1. The molecule has 0 aliphatic carbocycles. The molecule has 124 valence electrons. The molecule has 0 aliphatic rings. The number of nitrogens with one attached hydrogen (secondary N) is 2. The van der Waals surface area contributed by atoms with Crippen LogP contribution in [0.4, 0.5) is 11.8 Å². The van der Waals surface area contributed by atoms with Crippen LogP contribution in [0.3, 0.4) is 0 Å². The highest BCUT2D eigenvalue weighted by Crippen LogP contribution is 2.13. The Hall–Kier alpha value is -2.30. The monoisotopic (exact) mass is 314 g/mol. The van der Waals surface area contributed by atoms with Crippen molar-refractivity contribution in [2.45, 2.75) is 39.7 Å². The van der Waals surface area contributed by atoms with Crippen LogP contribution < -0.4 is 15.4 Å². The molecule has 23 heavy (non-hydrogen) atoms. The second-order valence-electron chi connectivity index (χ2n) is 5.70. The van der Waals surface area contributed by atoms with Gasteiger partial charge in [0, 0.05) is 24.3 Å². The summed E-state index contributed by atoms with van der Waals surface area (Å²) in [6.45, 7) is 7.07. The van der Waals surface area contributed by atoms with Crippen LogP contribution in [0.5, 0.6) is 5.75 Å². The van der Waals surface area contributed by atoms with E-state index < -0.39 is 0 Å². The molecular weight excluding hydrogens is 288 g/mol. The first kappa shape index (κ1) is 17.1. The highest BCUT2D eigenvalue weighted by molar-refractivity contribution is 5.42. The van der Waals surface area contributed by atoms with Crippen molar-refractivity contribution in [1.29, 1.82) is 0 Å². The van der Waals surface area contributed by atoms with Gasteiger partial charge in [0.15, 0.2) is 0 Å². The summed E-state index contributed by atoms with van der Waals surface area (Å²) in [6.07, 6.45) is 1.97. The van der Waals surface area contributed by atoms with Gasteiger partial charge in [0.1, 0.15) is 11.6 Å². The van der Waals surface area contributed by atoms with E-state index in [1.54, 1.807) is 7.11 Å². The summed E-state index contributed by atoms with van der Waals surface area (Å²) < 4.78 is 5.17. The summed E-state index contributed by atoms with van der Waals surface area (Å²) in [4.78, 5) is 8.97. The fraction of sp³-hybridized carbons (Fsp3) is 0.444. The van der Waals surface area contributed by atoms with E-state index in [-0.39, 0.29) is 0 Å². The molecule has 1 heterocycles. The van der Waals surface area contributed by atoms with E-state index in [0.717, 1.165) is 36.6 Å². The fourth-order valence-electron chi connectivity index (χ4n) is 2.19. The normalized spacial score (nSPS) is 11.8. The molecule has 2 aromatic rings. The predicted molar refractivity (Wildman–Crippen MR) is 95.3 cm³/mol. The van der Waals surface area contributed by atoms with Crippen molar-refractivity contribution in [2.75, 3.05) is 24.3 Å². The molecule has 1 aromatic carbocycles. The van der Waals surface area contributed by atoms with Gasteiger partial charge in [-0.15, -0.1) is 0 Å². The Labute approximate surface area is 138 Å². The van der Waals surface area contributed by atoms with E-state index >= 15 is 0 Å². The average molecular weight is 314 g/mol. The lowest BCUT2D eigenvalue weighted by Crippen LogP contribution is -2.16. The maximum Gasteiger partial charge on any atom is 0.224 e. The summed E-state index contributed by atoms with van der Waals surface area (Å²) in [7, 11) is 1.68. The van der Waals surface area contributed by atoms with Crippen LogP contribution in [0.1, 0.15) is 31.5 Å². The second-order valence-corrected chi connectivity index (χ2v) is 5.70. The zero-order valence-electron chi connectivity index (χ0n) is 14.4. The van der Waals surface area contributed by atoms with Crippen molar-refractivity contribution < 1.29 is 4.74 Å². The molecule has 0 aliphatic heterocycles. The SMILES string of the molecule is CCC(C)Nc1cc(C)nc(NCCc2ccc(OC)cc2)n1. The summed E-state index contributed by atoms with van der Waals surface area (Å²) in [5.74, 6) is 2.42. The molecule has 0 amide bonds. The maximum atomic E-state index is 5.17. The van der Waals surface area contributed by atoms with Crippen molar-refractivity contribution >= 4 is 11.8 Å². The minimum Gasteiger partial charge on any atom is -0.497 e. The van der Waals surface area contributed by atoms with Gasteiger partial charge in [-0.25, -0.2) is 4.98 Å². The van der Waals surface area contributed by atoms with Crippen molar-refractivity contribution in [2.24, 2.45) is 0 Å². The first-order valence-electron chi connectivity index (χ1n) is 8.09. The molecule has 0 bridgehead atoms. The number of aryl methyl sites for hydroxylation is 1. The van der Waals surface area contributed by atoms with E-state index in [0.29, 0.717) is 12.0 Å². The molecule has 5 heteroatoms. The molecule has 1 aromatic heterocycles. The maximum absolute atomic E-state index is 5.17. The van der Waals surface area contributed by atoms with E-state index in [1.165, 1.54) is 5.56 Å².